The van der Waals surface area contributed by atoms with Crippen LogP contribution in [0.3, 0.4) is 0 Å². The number of likely N-dealkylation sites (tertiary alicyclic amines) is 2. The third kappa shape index (κ3) is 7.10. The lowest BCUT2D eigenvalue weighted by Gasteiger charge is -2.46. The molecule has 1 aromatic heterocycles. The van der Waals surface area contributed by atoms with E-state index in [2.05, 4.69) is 66.9 Å². The molecule has 0 aliphatic carbocycles. The average Bonchev–Trinajstić information content (AvgIpc) is 3.12. The van der Waals surface area contributed by atoms with E-state index in [4.69, 9.17) is 9.47 Å². The summed E-state index contributed by atoms with van der Waals surface area (Å²) in [5.41, 5.74) is 3.16. The summed E-state index contributed by atoms with van der Waals surface area (Å²) in [5.74, 6) is 3.33. The molecule has 6 rings (SSSR count). The Morgan fingerprint density at radius 3 is 2.44 bits per heavy atom. The molecule has 1 N–H and O–H groups in total. The molecule has 224 valence electrons. The molecule has 41 heavy (non-hydrogen) atoms. The highest BCUT2D eigenvalue weighted by Gasteiger charge is 2.33. The van der Waals surface area contributed by atoms with Crippen LogP contribution in [0.1, 0.15) is 70.1 Å². The number of ether oxygens (including phenoxy) is 3. The number of anilines is 3. The van der Waals surface area contributed by atoms with Crippen LogP contribution in [0.4, 0.5) is 17.3 Å². The third-order valence-electron chi connectivity index (χ3n) is 8.36. The zero-order valence-corrected chi connectivity index (χ0v) is 25.3. The highest BCUT2D eigenvalue weighted by atomic mass is 16.5. The average molecular weight is 567 g/mol. The van der Waals surface area contributed by atoms with E-state index in [1.807, 2.05) is 20.8 Å². The van der Waals surface area contributed by atoms with Crippen molar-refractivity contribution in [3.05, 3.63) is 35.7 Å². The second kappa shape index (κ2) is 12.9. The Balaban J connectivity index is 0.000000431. The Morgan fingerprint density at radius 2 is 1.83 bits per heavy atom. The maximum Gasteiger partial charge on any atom is 0.293 e. The van der Waals surface area contributed by atoms with E-state index in [1.54, 1.807) is 6.33 Å². The van der Waals surface area contributed by atoms with Gasteiger partial charge in [0.15, 0.2) is 0 Å². The lowest BCUT2D eigenvalue weighted by molar-refractivity contribution is -0.138. The fraction of sp³-hybridized carbons (Fsp3) is 0.645. The number of carbonyl (C=O) groups excluding carboxylic acids is 1. The van der Waals surface area contributed by atoms with Gasteiger partial charge in [0.1, 0.15) is 35.4 Å². The van der Waals surface area contributed by atoms with Crippen LogP contribution in [-0.2, 0) is 14.3 Å². The molecule has 0 saturated carbocycles. The van der Waals surface area contributed by atoms with Crippen molar-refractivity contribution in [2.75, 3.05) is 69.7 Å². The van der Waals surface area contributed by atoms with E-state index < -0.39 is 0 Å². The van der Waals surface area contributed by atoms with Gasteiger partial charge in [-0.15, -0.1) is 0 Å². The molecule has 1 unspecified atom stereocenters. The molecule has 2 aromatic rings. The Labute approximate surface area is 244 Å². The van der Waals surface area contributed by atoms with Gasteiger partial charge in [0.05, 0.1) is 24.5 Å². The van der Waals surface area contributed by atoms with Gasteiger partial charge in [-0.3, -0.25) is 9.69 Å². The molecule has 4 aliphatic heterocycles. The number of piperidine rings is 1. The van der Waals surface area contributed by atoms with Gasteiger partial charge in [0.2, 0.25) is 0 Å². The molecule has 0 bridgehead atoms. The normalized spacial score (nSPS) is 22.1. The van der Waals surface area contributed by atoms with Gasteiger partial charge in [0, 0.05) is 32.2 Å². The van der Waals surface area contributed by atoms with Gasteiger partial charge in [-0.1, -0.05) is 13.0 Å². The molecular weight excluding hydrogens is 520 g/mol. The Bertz CT molecular complexity index is 1170. The maximum atomic E-state index is 9.60. The minimum absolute atomic E-state index is 0.0857. The molecule has 3 saturated heterocycles. The Hall–Kier alpha value is -2.95. The van der Waals surface area contributed by atoms with E-state index >= 15 is 0 Å². The molecule has 5 heterocycles. The first-order chi connectivity index (χ1) is 19.8. The summed E-state index contributed by atoms with van der Waals surface area (Å²) in [6.07, 6.45) is 4.88. The second-order valence-electron chi connectivity index (χ2n) is 12.5. The monoisotopic (exact) mass is 566 g/mol. The Kier molecular flexibility index (Phi) is 9.31. The van der Waals surface area contributed by atoms with Crippen molar-refractivity contribution in [2.24, 2.45) is 0 Å². The van der Waals surface area contributed by atoms with Gasteiger partial charge in [0.25, 0.3) is 6.47 Å². The van der Waals surface area contributed by atoms with Crippen molar-refractivity contribution in [3.63, 3.8) is 0 Å². The summed E-state index contributed by atoms with van der Waals surface area (Å²) in [7, 11) is 2.21. The second-order valence-corrected chi connectivity index (χ2v) is 12.5. The number of rotatable bonds is 5. The van der Waals surface area contributed by atoms with Crippen LogP contribution >= 0.6 is 0 Å². The highest BCUT2D eigenvalue weighted by molar-refractivity contribution is 5.72. The number of hydrogen-bond donors (Lipinski definition) is 1. The molecule has 0 spiro atoms. The molecular formula is C31H46N6O4. The summed E-state index contributed by atoms with van der Waals surface area (Å²) in [6, 6.07) is 7.48. The summed E-state index contributed by atoms with van der Waals surface area (Å²) >= 11 is 0. The van der Waals surface area contributed by atoms with Crippen molar-refractivity contribution in [2.45, 2.75) is 70.6 Å². The first kappa shape index (κ1) is 29.5. The smallest absolute Gasteiger partial charge is 0.293 e. The molecule has 0 amide bonds. The number of carbonyl (C=O) groups is 1. The summed E-state index contributed by atoms with van der Waals surface area (Å²) < 4.78 is 16.7. The maximum absolute atomic E-state index is 9.60. The Morgan fingerprint density at radius 1 is 1.10 bits per heavy atom. The van der Waals surface area contributed by atoms with Crippen LogP contribution in [0.15, 0.2) is 24.5 Å². The van der Waals surface area contributed by atoms with Crippen LogP contribution in [-0.4, -0.2) is 97.4 Å². The van der Waals surface area contributed by atoms with E-state index in [-0.39, 0.29) is 11.7 Å². The molecule has 1 atom stereocenters. The number of benzene rings is 1. The third-order valence-corrected chi connectivity index (χ3v) is 8.36. The minimum atomic E-state index is -0.318. The number of nitrogens with one attached hydrogen (secondary N) is 1. The van der Waals surface area contributed by atoms with Crippen molar-refractivity contribution < 1.29 is 19.0 Å². The van der Waals surface area contributed by atoms with Gasteiger partial charge >= 0.3 is 0 Å². The molecule has 3 fully saturated rings. The van der Waals surface area contributed by atoms with Crippen molar-refractivity contribution >= 4 is 23.8 Å². The van der Waals surface area contributed by atoms with Crippen LogP contribution in [0, 0.1) is 0 Å². The molecule has 4 aliphatic rings. The van der Waals surface area contributed by atoms with Crippen LogP contribution in [0.5, 0.6) is 5.75 Å². The zero-order valence-electron chi connectivity index (χ0n) is 25.3. The van der Waals surface area contributed by atoms with Crippen LogP contribution < -0.4 is 15.0 Å². The number of nitrogens with zero attached hydrogens (tertiary/aromatic N) is 5. The van der Waals surface area contributed by atoms with Crippen molar-refractivity contribution in [1.82, 2.24) is 19.8 Å². The fourth-order valence-corrected chi connectivity index (χ4v) is 6.08. The largest absolute Gasteiger partial charge is 0.483 e. The molecule has 10 nitrogen and oxygen atoms in total. The summed E-state index contributed by atoms with van der Waals surface area (Å²) in [6.45, 7) is 16.0. The topological polar surface area (TPSA) is 92.3 Å². The highest BCUT2D eigenvalue weighted by Crippen LogP contribution is 2.44. The lowest BCUT2D eigenvalue weighted by Crippen LogP contribution is -2.59. The molecule has 10 heteroatoms. The van der Waals surface area contributed by atoms with E-state index in [1.165, 1.54) is 44.6 Å². The predicted molar refractivity (Wildman–Crippen MR) is 160 cm³/mol. The minimum Gasteiger partial charge on any atom is -0.483 e. The zero-order chi connectivity index (χ0) is 29.0. The number of fused-ring (bicyclic) bond motifs is 2. The first-order valence-electron chi connectivity index (χ1n) is 15.0. The molecule has 1 aromatic carbocycles. The quantitative estimate of drug-likeness (QED) is 0.527. The van der Waals surface area contributed by atoms with E-state index in [9.17, 15) is 4.79 Å². The van der Waals surface area contributed by atoms with E-state index in [0.29, 0.717) is 12.4 Å². The van der Waals surface area contributed by atoms with Crippen molar-refractivity contribution in [3.8, 4) is 5.75 Å². The summed E-state index contributed by atoms with van der Waals surface area (Å²) in [5, 5.41) is 3.63. The standard InChI is InChI=1S/C26H36N6O2.C5H10O2/c1-3-22-24-25(27-17-28-26(24)32-10-12-33-13-11-32)29-21-14-19(4-5-23(21)34-22)18-6-8-31(9-7-18)20-15-30(2)16-20;1-5(2,3)7-4-6/h4-5,14,17-18,20,22H,3,6-13,15-16H2,1-2H3,(H,27,28,29);4H,1-3H3. The number of likely N-dealkylation sites (N-methyl/N-ethyl adjacent to an activating group) is 1. The molecule has 0 radical (unpaired) electrons. The van der Waals surface area contributed by atoms with E-state index in [0.717, 1.165) is 67.4 Å². The first-order valence-corrected chi connectivity index (χ1v) is 15.0. The van der Waals surface area contributed by atoms with Gasteiger partial charge < -0.3 is 29.3 Å². The van der Waals surface area contributed by atoms with Gasteiger partial charge in [-0.05, 0) is 83.8 Å². The van der Waals surface area contributed by atoms with Crippen LogP contribution in [0.2, 0.25) is 0 Å². The number of hydrogen-bond acceptors (Lipinski definition) is 10. The van der Waals surface area contributed by atoms with Gasteiger partial charge in [-0.25, -0.2) is 9.97 Å². The fourth-order valence-electron chi connectivity index (χ4n) is 6.08. The van der Waals surface area contributed by atoms with Gasteiger partial charge in [-0.2, -0.15) is 0 Å². The number of morpholine rings is 1. The SMILES string of the molecule is CC(C)(C)OC=O.CCC1Oc2ccc(C3CCN(C4CN(C)C4)CC3)cc2Nc2ncnc(N3CCOCC3)c21. The van der Waals surface area contributed by atoms with Crippen molar-refractivity contribution in [1.29, 1.82) is 0 Å². The number of aromatic nitrogens is 2. The predicted octanol–water partition coefficient (Wildman–Crippen LogP) is 4.35. The van der Waals surface area contributed by atoms with Crippen LogP contribution in [0.25, 0.3) is 0 Å². The lowest BCUT2D eigenvalue weighted by atomic mass is 9.88. The summed E-state index contributed by atoms with van der Waals surface area (Å²) in [4.78, 5) is 26.3.